The molecule has 0 spiro atoms. The number of nitrogens with one attached hydrogen (secondary N) is 1. The summed E-state index contributed by atoms with van der Waals surface area (Å²) in [6.45, 7) is 1.33. The fourth-order valence-electron chi connectivity index (χ4n) is 5.02. The molecule has 2 aromatic carbocycles. The minimum absolute atomic E-state index is 0.0188. The highest BCUT2D eigenvalue weighted by Gasteiger charge is 2.30. The number of anilines is 1. The number of hydrogen-bond donors (Lipinski definition) is 1. The van der Waals surface area contributed by atoms with Crippen molar-refractivity contribution < 1.29 is 4.79 Å². The topological polar surface area (TPSA) is 67.2 Å². The number of piperidine rings is 1. The summed E-state index contributed by atoms with van der Waals surface area (Å²) in [6, 6.07) is 16.2. The van der Waals surface area contributed by atoms with Gasteiger partial charge in [0, 0.05) is 26.1 Å². The maximum atomic E-state index is 13.0. The van der Waals surface area contributed by atoms with Crippen LogP contribution in [0.1, 0.15) is 42.9 Å². The highest BCUT2D eigenvalue weighted by atomic mass is 16.2. The second-order valence-corrected chi connectivity index (χ2v) is 8.70. The lowest BCUT2D eigenvalue weighted by Gasteiger charge is -2.33. The molecule has 2 aliphatic rings. The van der Waals surface area contributed by atoms with E-state index in [0.717, 1.165) is 43.1 Å². The summed E-state index contributed by atoms with van der Waals surface area (Å²) >= 11 is 0. The van der Waals surface area contributed by atoms with Gasteiger partial charge in [0.2, 0.25) is 5.91 Å². The summed E-state index contributed by atoms with van der Waals surface area (Å²) < 4.78 is 1.66. The third kappa shape index (κ3) is 3.71. The SMILES string of the molecule is Cn1c(=O)c(N2CCC(C(=O)NC3CCCc4ccccc43)CC2)nc2ccccc21. The average Bonchev–Trinajstić information content (AvgIpc) is 2.82. The highest BCUT2D eigenvalue weighted by Crippen LogP contribution is 2.30. The quantitative estimate of drug-likeness (QED) is 0.711. The van der Waals surface area contributed by atoms with Gasteiger partial charge in [0.15, 0.2) is 5.82 Å². The molecule has 6 heteroatoms. The van der Waals surface area contributed by atoms with Crippen LogP contribution in [0.5, 0.6) is 0 Å². The Morgan fingerprint density at radius 3 is 2.61 bits per heavy atom. The standard InChI is InChI=1S/C25H28N4O2/c1-28-22-12-5-4-10-21(22)26-23(25(28)31)29-15-13-18(14-16-29)24(30)27-20-11-6-8-17-7-2-3-9-19(17)20/h2-5,7,9-10,12,18,20H,6,8,11,13-16H2,1H3,(H,27,30). The first-order valence-electron chi connectivity index (χ1n) is 11.2. The molecule has 5 rings (SSSR count). The first kappa shape index (κ1) is 19.8. The van der Waals surface area contributed by atoms with Gasteiger partial charge in [0.1, 0.15) is 0 Å². The monoisotopic (exact) mass is 416 g/mol. The van der Waals surface area contributed by atoms with Gasteiger partial charge in [0.05, 0.1) is 17.1 Å². The zero-order valence-electron chi connectivity index (χ0n) is 17.9. The first-order valence-corrected chi connectivity index (χ1v) is 11.2. The molecule has 3 aromatic rings. The molecule has 1 aromatic heterocycles. The van der Waals surface area contributed by atoms with Gasteiger partial charge in [-0.25, -0.2) is 4.98 Å². The largest absolute Gasteiger partial charge is 0.352 e. The van der Waals surface area contributed by atoms with Crippen LogP contribution in [0.15, 0.2) is 53.3 Å². The number of para-hydroxylation sites is 2. The summed E-state index contributed by atoms with van der Waals surface area (Å²) in [4.78, 5) is 32.5. The minimum Gasteiger partial charge on any atom is -0.352 e. The number of nitrogens with zero attached hydrogens (tertiary/aromatic N) is 3. The van der Waals surface area contributed by atoms with Gasteiger partial charge in [-0.3, -0.25) is 9.59 Å². The van der Waals surface area contributed by atoms with Gasteiger partial charge in [0.25, 0.3) is 5.56 Å². The van der Waals surface area contributed by atoms with Gasteiger partial charge in [-0.1, -0.05) is 36.4 Å². The number of hydrogen-bond acceptors (Lipinski definition) is 4. The van der Waals surface area contributed by atoms with E-state index >= 15 is 0 Å². The number of carbonyl (C=O) groups excluding carboxylic acids is 1. The number of aryl methyl sites for hydroxylation is 2. The molecule has 6 nitrogen and oxygen atoms in total. The van der Waals surface area contributed by atoms with E-state index in [1.165, 1.54) is 11.1 Å². The maximum absolute atomic E-state index is 13.0. The number of aromatic nitrogens is 2. The zero-order chi connectivity index (χ0) is 21.4. The summed E-state index contributed by atoms with van der Waals surface area (Å²) in [5.41, 5.74) is 4.18. The smallest absolute Gasteiger partial charge is 0.293 e. The van der Waals surface area contributed by atoms with Gasteiger partial charge >= 0.3 is 0 Å². The Morgan fingerprint density at radius 2 is 1.77 bits per heavy atom. The number of fused-ring (bicyclic) bond motifs is 2. The zero-order valence-corrected chi connectivity index (χ0v) is 17.9. The van der Waals surface area contributed by atoms with Crippen LogP contribution in [0.4, 0.5) is 5.82 Å². The van der Waals surface area contributed by atoms with E-state index in [0.29, 0.717) is 18.9 Å². The maximum Gasteiger partial charge on any atom is 0.293 e. The number of carbonyl (C=O) groups is 1. The van der Waals surface area contributed by atoms with E-state index in [4.69, 9.17) is 0 Å². The summed E-state index contributed by atoms with van der Waals surface area (Å²) in [5.74, 6) is 0.608. The van der Waals surface area contributed by atoms with E-state index in [1.807, 2.05) is 29.2 Å². The molecule has 31 heavy (non-hydrogen) atoms. The predicted molar refractivity (Wildman–Crippen MR) is 122 cm³/mol. The van der Waals surface area contributed by atoms with Gasteiger partial charge in [-0.2, -0.15) is 0 Å². The van der Waals surface area contributed by atoms with Gasteiger partial charge < -0.3 is 14.8 Å². The predicted octanol–water partition coefficient (Wildman–Crippen LogP) is 3.34. The normalized spacial score (nSPS) is 19.3. The van der Waals surface area contributed by atoms with Crippen molar-refractivity contribution in [1.29, 1.82) is 0 Å². The Kier molecular flexibility index (Phi) is 5.22. The Morgan fingerprint density at radius 1 is 1.03 bits per heavy atom. The molecule has 1 unspecified atom stereocenters. The van der Waals surface area contributed by atoms with Crippen LogP contribution < -0.4 is 15.8 Å². The average molecular weight is 417 g/mol. The van der Waals surface area contributed by atoms with Crippen molar-refractivity contribution in [2.45, 2.75) is 38.1 Å². The van der Waals surface area contributed by atoms with Crippen molar-refractivity contribution in [2.24, 2.45) is 13.0 Å². The van der Waals surface area contributed by atoms with Crippen LogP contribution >= 0.6 is 0 Å². The minimum atomic E-state index is -0.0829. The molecule has 0 bridgehead atoms. The van der Waals surface area contributed by atoms with E-state index < -0.39 is 0 Å². The summed E-state index contributed by atoms with van der Waals surface area (Å²) in [6.07, 6.45) is 4.67. The Bertz CT molecular complexity index is 1180. The Hall–Kier alpha value is -3.15. The molecule has 0 radical (unpaired) electrons. The van der Waals surface area contributed by atoms with Crippen molar-refractivity contribution in [3.05, 3.63) is 70.0 Å². The van der Waals surface area contributed by atoms with Crippen molar-refractivity contribution in [2.75, 3.05) is 18.0 Å². The second-order valence-electron chi connectivity index (χ2n) is 8.70. The third-order valence-corrected chi connectivity index (χ3v) is 6.82. The molecule has 1 aliphatic carbocycles. The lowest BCUT2D eigenvalue weighted by atomic mass is 9.87. The lowest BCUT2D eigenvalue weighted by Crippen LogP contribution is -2.44. The van der Waals surface area contributed by atoms with Crippen LogP contribution in [0.3, 0.4) is 0 Å². The van der Waals surface area contributed by atoms with Crippen LogP contribution in [0.2, 0.25) is 0 Å². The van der Waals surface area contributed by atoms with Crippen LogP contribution in [-0.4, -0.2) is 28.5 Å². The van der Waals surface area contributed by atoms with E-state index in [9.17, 15) is 9.59 Å². The molecule has 1 atom stereocenters. The number of rotatable bonds is 3. The highest BCUT2D eigenvalue weighted by molar-refractivity contribution is 5.80. The van der Waals surface area contributed by atoms with E-state index in [1.54, 1.807) is 11.6 Å². The number of amides is 1. The van der Waals surface area contributed by atoms with Crippen LogP contribution in [0, 0.1) is 5.92 Å². The van der Waals surface area contributed by atoms with Crippen LogP contribution in [-0.2, 0) is 18.3 Å². The van der Waals surface area contributed by atoms with E-state index in [2.05, 4.69) is 34.6 Å². The fraction of sp³-hybridized carbons (Fsp3) is 0.400. The van der Waals surface area contributed by atoms with Crippen LogP contribution in [0.25, 0.3) is 11.0 Å². The van der Waals surface area contributed by atoms with E-state index in [-0.39, 0.29) is 23.4 Å². The lowest BCUT2D eigenvalue weighted by molar-refractivity contribution is -0.126. The summed E-state index contributed by atoms with van der Waals surface area (Å²) in [5, 5.41) is 3.31. The molecule has 1 aliphatic heterocycles. The molecule has 1 saturated heterocycles. The fourth-order valence-corrected chi connectivity index (χ4v) is 5.02. The van der Waals surface area contributed by atoms with Gasteiger partial charge in [-0.05, 0) is 55.4 Å². The first-order chi connectivity index (χ1) is 15.1. The molecule has 2 heterocycles. The molecule has 0 saturated carbocycles. The Labute approximate surface area is 181 Å². The summed E-state index contributed by atoms with van der Waals surface area (Å²) in [7, 11) is 1.79. The molecular formula is C25H28N4O2. The molecule has 1 N–H and O–H groups in total. The number of benzene rings is 2. The molecule has 160 valence electrons. The van der Waals surface area contributed by atoms with Crippen molar-refractivity contribution in [1.82, 2.24) is 14.9 Å². The molecule has 1 fully saturated rings. The molecular weight excluding hydrogens is 388 g/mol. The van der Waals surface area contributed by atoms with Crippen molar-refractivity contribution in [3.8, 4) is 0 Å². The van der Waals surface area contributed by atoms with Gasteiger partial charge in [-0.15, -0.1) is 0 Å². The van der Waals surface area contributed by atoms with Crippen molar-refractivity contribution in [3.63, 3.8) is 0 Å². The second kappa shape index (κ2) is 8.17. The third-order valence-electron chi connectivity index (χ3n) is 6.82. The van der Waals surface area contributed by atoms with Crippen molar-refractivity contribution >= 4 is 22.8 Å². The Balaban J connectivity index is 1.27. The molecule has 1 amide bonds.